The van der Waals surface area contributed by atoms with Gasteiger partial charge in [0.25, 0.3) is 0 Å². The molecule has 0 radical (unpaired) electrons. The number of thioether (sulfide) groups is 1. The molecular weight excluding hydrogens is 367 g/mol. The van der Waals surface area contributed by atoms with Gasteiger partial charge in [0.15, 0.2) is 0 Å². The van der Waals surface area contributed by atoms with Crippen molar-refractivity contribution in [3.05, 3.63) is 35.6 Å². The highest BCUT2D eigenvalue weighted by Crippen LogP contribution is 2.37. The van der Waals surface area contributed by atoms with Gasteiger partial charge in [-0.2, -0.15) is 0 Å². The van der Waals surface area contributed by atoms with Crippen molar-refractivity contribution in [3.63, 3.8) is 0 Å². The second-order valence-corrected chi connectivity index (χ2v) is 8.65. The zero-order chi connectivity index (χ0) is 19.1. The minimum absolute atomic E-state index is 0.0215. The fourth-order valence-corrected chi connectivity index (χ4v) is 5.41. The van der Waals surface area contributed by atoms with E-state index in [1.54, 1.807) is 28.8 Å². The van der Waals surface area contributed by atoms with Gasteiger partial charge in [0, 0.05) is 31.4 Å². The Hall–Kier alpha value is -1.64. The van der Waals surface area contributed by atoms with E-state index in [9.17, 15) is 14.0 Å². The van der Waals surface area contributed by atoms with Crippen molar-refractivity contribution in [1.29, 1.82) is 0 Å². The summed E-state index contributed by atoms with van der Waals surface area (Å²) < 4.78 is 13.2. The standard InChI is InChI=1S/C19H25FN4O2S/c1-12(13-2-4-14(20)5-3-13)24-15-8-17(19(24)26)23(9-15)10-16(21)18(25)22-6-7-27-11-22/h2-5,12,15-17H,6-11,21H2,1H3. The Morgan fingerprint density at radius 1 is 1.37 bits per heavy atom. The molecule has 1 aromatic carbocycles. The summed E-state index contributed by atoms with van der Waals surface area (Å²) >= 11 is 1.74. The van der Waals surface area contributed by atoms with Crippen molar-refractivity contribution < 1.29 is 14.0 Å². The van der Waals surface area contributed by atoms with E-state index in [4.69, 9.17) is 5.73 Å². The molecule has 0 aliphatic carbocycles. The molecule has 3 aliphatic rings. The number of rotatable bonds is 5. The van der Waals surface area contributed by atoms with Gasteiger partial charge in [0.2, 0.25) is 11.8 Å². The van der Waals surface area contributed by atoms with Crippen LogP contribution in [0.4, 0.5) is 4.39 Å². The van der Waals surface area contributed by atoms with Crippen molar-refractivity contribution >= 4 is 23.6 Å². The maximum absolute atomic E-state index is 13.2. The Labute approximate surface area is 162 Å². The van der Waals surface area contributed by atoms with Crippen LogP contribution < -0.4 is 5.73 Å². The van der Waals surface area contributed by atoms with Crippen molar-refractivity contribution in [2.24, 2.45) is 5.73 Å². The molecule has 2 amide bonds. The molecule has 1 aromatic rings. The first kappa shape index (κ1) is 18.7. The van der Waals surface area contributed by atoms with E-state index in [2.05, 4.69) is 4.90 Å². The van der Waals surface area contributed by atoms with E-state index < -0.39 is 6.04 Å². The molecule has 146 valence electrons. The number of piperazine rings is 1. The van der Waals surface area contributed by atoms with Crippen LogP contribution in [0, 0.1) is 5.82 Å². The summed E-state index contributed by atoms with van der Waals surface area (Å²) in [4.78, 5) is 31.2. The Kier molecular flexibility index (Phi) is 5.13. The molecule has 4 unspecified atom stereocenters. The maximum atomic E-state index is 13.2. The second kappa shape index (κ2) is 7.41. The Morgan fingerprint density at radius 3 is 2.74 bits per heavy atom. The van der Waals surface area contributed by atoms with Crippen LogP contribution in [0.2, 0.25) is 0 Å². The Morgan fingerprint density at radius 2 is 2.11 bits per heavy atom. The summed E-state index contributed by atoms with van der Waals surface area (Å²) in [6.45, 7) is 3.89. The van der Waals surface area contributed by atoms with Crippen molar-refractivity contribution in [2.75, 3.05) is 31.3 Å². The summed E-state index contributed by atoms with van der Waals surface area (Å²) in [5.74, 6) is 1.45. The van der Waals surface area contributed by atoms with Gasteiger partial charge < -0.3 is 15.5 Å². The van der Waals surface area contributed by atoms with Gasteiger partial charge in [-0.3, -0.25) is 14.5 Å². The minimum Gasteiger partial charge on any atom is -0.331 e. The lowest BCUT2D eigenvalue weighted by Crippen LogP contribution is -2.56. The number of hydrogen-bond donors (Lipinski definition) is 1. The molecule has 8 heteroatoms. The van der Waals surface area contributed by atoms with E-state index in [1.165, 1.54) is 12.1 Å². The third-order valence-electron chi connectivity index (χ3n) is 5.90. The van der Waals surface area contributed by atoms with Crippen LogP contribution in [0.1, 0.15) is 24.9 Å². The quantitative estimate of drug-likeness (QED) is 0.811. The van der Waals surface area contributed by atoms with E-state index in [0.717, 1.165) is 30.8 Å². The highest BCUT2D eigenvalue weighted by atomic mass is 32.2. The molecule has 27 heavy (non-hydrogen) atoms. The fourth-order valence-electron chi connectivity index (χ4n) is 4.45. The van der Waals surface area contributed by atoms with Crippen molar-refractivity contribution in [1.82, 2.24) is 14.7 Å². The second-order valence-electron chi connectivity index (χ2n) is 7.58. The normalized spacial score (nSPS) is 27.4. The van der Waals surface area contributed by atoms with E-state index in [1.807, 2.05) is 11.8 Å². The number of nitrogens with two attached hydrogens (primary N) is 1. The topological polar surface area (TPSA) is 69.9 Å². The molecular formula is C19H25FN4O2S. The summed E-state index contributed by atoms with van der Waals surface area (Å²) in [5, 5.41) is 0. The number of nitrogens with zero attached hydrogens (tertiary/aromatic N) is 3. The monoisotopic (exact) mass is 392 g/mol. The lowest BCUT2D eigenvalue weighted by molar-refractivity contribution is -0.140. The van der Waals surface area contributed by atoms with Crippen LogP contribution in [0.3, 0.4) is 0 Å². The summed E-state index contributed by atoms with van der Waals surface area (Å²) in [7, 11) is 0. The average molecular weight is 393 g/mol. The van der Waals surface area contributed by atoms with Crippen molar-refractivity contribution in [3.8, 4) is 0 Å². The smallest absolute Gasteiger partial charge is 0.241 e. The van der Waals surface area contributed by atoms with E-state index >= 15 is 0 Å². The first-order chi connectivity index (χ1) is 13.0. The third kappa shape index (κ3) is 3.46. The molecule has 0 aromatic heterocycles. The average Bonchev–Trinajstić information content (AvgIpc) is 3.37. The number of likely N-dealkylation sites (tertiary alicyclic amines) is 2. The number of benzene rings is 1. The van der Waals surface area contributed by atoms with Gasteiger partial charge in [-0.05, 0) is 31.0 Å². The molecule has 4 rings (SSSR count). The Balaban J connectivity index is 1.39. The number of amides is 2. The van der Waals surface area contributed by atoms with Crippen LogP contribution >= 0.6 is 11.8 Å². The van der Waals surface area contributed by atoms with Crippen LogP contribution in [0.15, 0.2) is 24.3 Å². The molecule has 0 spiro atoms. The molecule has 2 bridgehead atoms. The SMILES string of the molecule is CC(c1ccc(F)cc1)N1C(=O)C2CC1CN2CC(N)C(=O)N1CCSC1. The molecule has 6 nitrogen and oxygen atoms in total. The highest BCUT2D eigenvalue weighted by molar-refractivity contribution is 7.99. The van der Waals surface area contributed by atoms with Gasteiger partial charge >= 0.3 is 0 Å². The van der Waals surface area contributed by atoms with Gasteiger partial charge in [-0.15, -0.1) is 11.8 Å². The van der Waals surface area contributed by atoms with E-state index in [-0.39, 0.29) is 35.8 Å². The predicted octanol–water partition coefficient (Wildman–Crippen LogP) is 1.03. The summed E-state index contributed by atoms with van der Waals surface area (Å²) in [5.41, 5.74) is 7.08. The van der Waals surface area contributed by atoms with Crippen LogP contribution in [0.25, 0.3) is 0 Å². The van der Waals surface area contributed by atoms with Gasteiger partial charge in [0.05, 0.1) is 24.0 Å². The van der Waals surface area contributed by atoms with Gasteiger partial charge in [-0.25, -0.2) is 4.39 Å². The molecule has 3 heterocycles. The highest BCUT2D eigenvalue weighted by Gasteiger charge is 2.51. The fraction of sp³-hybridized carbons (Fsp3) is 0.579. The molecule has 3 aliphatic heterocycles. The molecule has 0 saturated carbocycles. The van der Waals surface area contributed by atoms with Crippen LogP contribution in [-0.4, -0.2) is 75.9 Å². The van der Waals surface area contributed by atoms with Gasteiger partial charge in [-0.1, -0.05) is 12.1 Å². The van der Waals surface area contributed by atoms with Crippen molar-refractivity contribution in [2.45, 2.75) is 37.5 Å². The minimum atomic E-state index is -0.584. The number of halogens is 1. The largest absolute Gasteiger partial charge is 0.331 e. The zero-order valence-electron chi connectivity index (χ0n) is 15.4. The third-order valence-corrected chi connectivity index (χ3v) is 6.86. The molecule has 4 atom stereocenters. The Bertz CT molecular complexity index is 725. The molecule has 3 fully saturated rings. The maximum Gasteiger partial charge on any atom is 0.241 e. The van der Waals surface area contributed by atoms with Gasteiger partial charge in [0.1, 0.15) is 5.82 Å². The first-order valence-corrected chi connectivity index (χ1v) is 10.5. The van der Waals surface area contributed by atoms with Crippen LogP contribution in [0.5, 0.6) is 0 Å². The van der Waals surface area contributed by atoms with E-state index in [0.29, 0.717) is 12.4 Å². The molecule has 3 saturated heterocycles. The number of carbonyl (C=O) groups excluding carboxylic acids is 2. The zero-order valence-corrected chi connectivity index (χ0v) is 16.2. The lowest BCUT2D eigenvalue weighted by Gasteiger charge is -2.38. The molecule has 2 N–H and O–H groups in total. The summed E-state index contributed by atoms with van der Waals surface area (Å²) in [6.07, 6.45) is 0.769. The lowest BCUT2D eigenvalue weighted by atomic mass is 10.1. The van der Waals surface area contributed by atoms with Crippen LogP contribution in [-0.2, 0) is 9.59 Å². The number of hydrogen-bond acceptors (Lipinski definition) is 5. The summed E-state index contributed by atoms with van der Waals surface area (Å²) in [6, 6.07) is 5.57. The number of fused-ring (bicyclic) bond motifs is 2. The number of carbonyl (C=O) groups is 2. The first-order valence-electron chi connectivity index (χ1n) is 9.39. The predicted molar refractivity (Wildman–Crippen MR) is 102 cm³/mol.